The summed E-state index contributed by atoms with van der Waals surface area (Å²) in [6.07, 6.45) is 6.54. The Morgan fingerprint density at radius 1 is 1.15 bits per heavy atom. The van der Waals surface area contributed by atoms with E-state index in [2.05, 4.69) is 10.6 Å². The molecule has 8 nitrogen and oxygen atoms in total. The summed E-state index contributed by atoms with van der Waals surface area (Å²) in [6, 6.07) is 7.95. The number of hydrogen-bond donors (Lipinski definition) is 3. The fourth-order valence-electron chi connectivity index (χ4n) is 6.77. The summed E-state index contributed by atoms with van der Waals surface area (Å²) in [5, 5.41) is 16.2. The molecule has 2 bridgehead atoms. The van der Waals surface area contributed by atoms with Crippen LogP contribution in [0.4, 0.5) is 5.69 Å². The molecule has 2 unspecified atom stereocenters. The number of fused-ring (bicyclic) bond motifs is 1. The van der Waals surface area contributed by atoms with E-state index in [0.717, 1.165) is 25.7 Å². The molecule has 3 amide bonds. The molecule has 6 atom stereocenters. The fourth-order valence-corrected chi connectivity index (χ4v) is 6.77. The number of para-hydroxylation sites is 1. The Balaban J connectivity index is 1.46. The van der Waals surface area contributed by atoms with Gasteiger partial charge in [-0.15, -0.1) is 0 Å². The molecule has 1 aromatic carbocycles. The van der Waals surface area contributed by atoms with Crippen LogP contribution < -0.4 is 10.6 Å². The first-order chi connectivity index (χ1) is 16.5. The second-order valence-electron chi connectivity index (χ2n) is 10.2. The van der Waals surface area contributed by atoms with Crippen molar-refractivity contribution in [1.29, 1.82) is 0 Å². The van der Waals surface area contributed by atoms with E-state index in [9.17, 15) is 19.5 Å². The van der Waals surface area contributed by atoms with Crippen LogP contribution in [-0.4, -0.2) is 64.2 Å². The first-order valence-electron chi connectivity index (χ1n) is 12.8. The van der Waals surface area contributed by atoms with E-state index in [1.165, 1.54) is 6.42 Å². The highest BCUT2D eigenvalue weighted by atomic mass is 16.5. The lowest BCUT2D eigenvalue weighted by molar-refractivity contribution is -0.145. The van der Waals surface area contributed by atoms with Crippen molar-refractivity contribution < 1.29 is 24.2 Å². The number of nitrogens with one attached hydrogen (secondary N) is 2. The van der Waals surface area contributed by atoms with E-state index in [0.29, 0.717) is 24.9 Å². The zero-order chi connectivity index (χ0) is 23.9. The monoisotopic (exact) mass is 469 g/mol. The molecule has 184 valence electrons. The maximum Gasteiger partial charge on any atom is 0.246 e. The number of carbonyl (C=O) groups is 3. The van der Waals surface area contributed by atoms with E-state index >= 15 is 0 Å². The fraction of sp³-hybridized carbons (Fsp3) is 0.654. The maximum absolute atomic E-state index is 13.9. The van der Waals surface area contributed by atoms with E-state index in [1.54, 1.807) is 4.90 Å². The molecule has 1 aliphatic carbocycles. The number of aliphatic hydroxyl groups excluding tert-OH is 1. The lowest BCUT2D eigenvalue weighted by Gasteiger charge is -2.37. The molecule has 5 rings (SSSR count). The van der Waals surface area contributed by atoms with Crippen LogP contribution in [0.2, 0.25) is 0 Å². The summed E-state index contributed by atoms with van der Waals surface area (Å²) in [7, 11) is 0. The lowest BCUT2D eigenvalue weighted by atomic mass is 9.70. The van der Waals surface area contributed by atoms with Crippen LogP contribution in [0, 0.1) is 11.8 Å². The smallest absolute Gasteiger partial charge is 0.246 e. The van der Waals surface area contributed by atoms with Crippen molar-refractivity contribution in [3.05, 3.63) is 30.3 Å². The maximum atomic E-state index is 13.9. The topological polar surface area (TPSA) is 108 Å². The SMILES string of the molecule is CC[C@@H](CO)N1C(=O)[C@@H]2[C@H](C(=O)Nc3ccccc3)[C@@H]3CCC2(O3)C1C(=O)NC1CCCCC1. The van der Waals surface area contributed by atoms with Gasteiger partial charge in [-0.05, 0) is 44.2 Å². The molecule has 0 aromatic heterocycles. The predicted molar refractivity (Wildman–Crippen MR) is 126 cm³/mol. The minimum atomic E-state index is -1.03. The second kappa shape index (κ2) is 9.30. The molecule has 4 fully saturated rings. The number of aliphatic hydroxyl groups is 1. The molecule has 1 saturated carbocycles. The van der Waals surface area contributed by atoms with Gasteiger partial charge in [0.25, 0.3) is 0 Å². The van der Waals surface area contributed by atoms with Gasteiger partial charge in [-0.1, -0.05) is 44.4 Å². The standard InChI is InChI=1S/C26H35N3O5/c1-2-18(15-30)29-22(24(32)28-17-11-7-4-8-12-17)26-14-13-19(34-26)20(21(26)25(29)33)23(31)27-16-9-5-3-6-10-16/h3,5-6,9-10,17-22,30H,2,4,7-8,11-15H2,1H3,(H,27,31)(H,28,32)/t18-,19-,20+,21-,22?,26?/m0/s1. The van der Waals surface area contributed by atoms with Crippen molar-refractivity contribution in [2.45, 2.75) is 88.1 Å². The summed E-state index contributed by atoms with van der Waals surface area (Å²) < 4.78 is 6.45. The van der Waals surface area contributed by atoms with Gasteiger partial charge in [0.05, 0.1) is 30.6 Å². The van der Waals surface area contributed by atoms with Crippen LogP contribution in [0.15, 0.2) is 30.3 Å². The average molecular weight is 470 g/mol. The Kier molecular flexibility index (Phi) is 6.37. The molecule has 3 N–H and O–H groups in total. The number of rotatable bonds is 7. The molecule has 8 heteroatoms. The average Bonchev–Trinajstić information content (AvgIpc) is 3.49. The van der Waals surface area contributed by atoms with E-state index in [-0.39, 0.29) is 36.5 Å². The highest BCUT2D eigenvalue weighted by Crippen LogP contribution is 2.59. The van der Waals surface area contributed by atoms with Crippen molar-refractivity contribution in [1.82, 2.24) is 10.2 Å². The van der Waals surface area contributed by atoms with E-state index < -0.39 is 29.5 Å². The Labute approximate surface area is 200 Å². The molecule has 3 aliphatic heterocycles. The highest BCUT2D eigenvalue weighted by molar-refractivity contribution is 6.02. The molecule has 34 heavy (non-hydrogen) atoms. The predicted octanol–water partition coefficient (Wildman–Crippen LogP) is 2.22. The summed E-state index contributed by atoms with van der Waals surface area (Å²) in [5.74, 6) is -2.09. The lowest BCUT2D eigenvalue weighted by Crippen LogP contribution is -2.59. The second-order valence-corrected chi connectivity index (χ2v) is 10.2. The number of nitrogens with zero attached hydrogens (tertiary/aromatic N) is 1. The number of hydrogen-bond acceptors (Lipinski definition) is 5. The largest absolute Gasteiger partial charge is 0.394 e. The van der Waals surface area contributed by atoms with Gasteiger partial charge < -0.3 is 25.4 Å². The molecule has 3 heterocycles. The Morgan fingerprint density at radius 3 is 2.56 bits per heavy atom. The van der Waals surface area contributed by atoms with Gasteiger partial charge in [-0.3, -0.25) is 14.4 Å². The molecule has 1 aromatic rings. The first kappa shape index (κ1) is 23.3. The summed E-state index contributed by atoms with van der Waals surface area (Å²) >= 11 is 0. The van der Waals surface area contributed by atoms with Crippen molar-refractivity contribution in [2.75, 3.05) is 11.9 Å². The first-order valence-corrected chi connectivity index (χ1v) is 12.8. The van der Waals surface area contributed by atoms with Crippen LogP contribution in [0.1, 0.15) is 58.3 Å². The van der Waals surface area contributed by atoms with Crippen molar-refractivity contribution in [2.24, 2.45) is 11.8 Å². The number of anilines is 1. The summed E-state index contributed by atoms with van der Waals surface area (Å²) in [5.41, 5.74) is -0.359. The summed E-state index contributed by atoms with van der Waals surface area (Å²) in [4.78, 5) is 42.5. The minimum Gasteiger partial charge on any atom is -0.394 e. The van der Waals surface area contributed by atoms with Crippen molar-refractivity contribution >= 4 is 23.4 Å². The Bertz CT molecular complexity index is 930. The highest BCUT2D eigenvalue weighted by Gasteiger charge is 2.75. The normalized spacial score (nSPS) is 33.6. The van der Waals surface area contributed by atoms with Crippen molar-refractivity contribution in [3.63, 3.8) is 0 Å². The van der Waals surface area contributed by atoms with Crippen LogP contribution in [-0.2, 0) is 19.1 Å². The Morgan fingerprint density at radius 2 is 1.88 bits per heavy atom. The van der Waals surface area contributed by atoms with Crippen LogP contribution in [0.5, 0.6) is 0 Å². The van der Waals surface area contributed by atoms with Gasteiger partial charge in [0, 0.05) is 11.7 Å². The number of benzene rings is 1. The van der Waals surface area contributed by atoms with Crippen LogP contribution >= 0.6 is 0 Å². The molecular formula is C26H35N3O5. The molecular weight excluding hydrogens is 434 g/mol. The third-order valence-electron chi connectivity index (χ3n) is 8.36. The third-order valence-corrected chi connectivity index (χ3v) is 8.36. The van der Waals surface area contributed by atoms with Crippen LogP contribution in [0.3, 0.4) is 0 Å². The minimum absolute atomic E-state index is 0.0960. The van der Waals surface area contributed by atoms with Crippen molar-refractivity contribution in [3.8, 4) is 0 Å². The van der Waals surface area contributed by atoms with E-state index in [1.807, 2.05) is 37.3 Å². The van der Waals surface area contributed by atoms with Crippen LogP contribution in [0.25, 0.3) is 0 Å². The van der Waals surface area contributed by atoms with Gasteiger partial charge in [0.15, 0.2) is 0 Å². The van der Waals surface area contributed by atoms with E-state index in [4.69, 9.17) is 4.74 Å². The zero-order valence-electron chi connectivity index (χ0n) is 19.7. The number of carbonyl (C=O) groups excluding carboxylic acids is 3. The zero-order valence-corrected chi connectivity index (χ0v) is 19.7. The molecule has 3 saturated heterocycles. The Hall–Kier alpha value is -2.45. The van der Waals surface area contributed by atoms with Gasteiger partial charge in [-0.2, -0.15) is 0 Å². The van der Waals surface area contributed by atoms with Gasteiger partial charge in [0.2, 0.25) is 17.7 Å². The van der Waals surface area contributed by atoms with Gasteiger partial charge in [0.1, 0.15) is 11.6 Å². The third kappa shape index (κ3) is 3.71. The quantitative estimate of drug-likeness (QED) is 0.568. The number of likely N-dealkylation sites (tertiary alicyclic amines) is 1. The number of ether oxygens (including phenoxy) is 1. The molecule has 4 aliphatic rings. The molecule has 1 spiro atoms. The summed E-state index contributed by atoms with van der Waals surface area (Å²) in [6.45, 7) is 1.66. The number of amides is 3. The van der Waals surface area contributed by atoms with Gasteiger partial charge in [-0.25, -0.2) is 0 Å². The van der Waals surface area contributed by atoms with Gasteiger partial charge >= 0.3 is 0 Å². The molecule has 0 radical (unpaired) electrons.